The number of benzene rings is 1. The zero-order chi connectivity index (χ0) is 10.7. The quantitative estimate of drug-likeness (QED) is 0.846. The maximum atomic E-state index is 9.71. The van der Waals surface area contributed by atoms with Crippen LogP contribution >= 0.6 is 15.9 Å². The Kier molecular flexibility index (Phi) is 3.96. The van der Waals surface area contributed by atoms with E-state index in [9.17, 15) is 5.11 Å². The minimum Gasteiger partial charge on any atom is -0.496 e. The van der Waals surface area contributed by atoms with Crippen LogP contribution in [0.2, 0.25) is 0 Å². The summed E-state index contributed by atoms with van der Waals surface area (Å²) in [6, 6.07) is 3.80. The molecule has 1 aromatic carbocycles. The van der Waals surface area contributed by atoms with Crippen LogP contribution < -0.4 is 4.74 Å². The van der Waals surface area contributed by atoms with E-state index in [2.05, 4.69) is 15.9 Å². The second kappa shape index (κ2) is 4.80. The Hall–Kier alpha value is -0.540. The van der Waals surface area contributed by atoms with Crippen molar-refractivity contribution in [3.8, 4) is 5.75 Å². The fourth-order valence-electron chi connectivity index (χ4n) is 1.48. The summed E-state index contributed by atoms with van der Waals surface area (Å²) in [5.41, 5.74) is 3.14. The van der Waals surface area contributed by atoms with Gasteiger partial charge in [0.2, 0.25) is 0 Å². The third kappa shape index (κ3) is 2.10. The molecule has 1 aromatic rings. The van der Waals surface area contributed by atoms with Crippen LogP contribution in [0.5, 0.6) is 5.75 Å². The molecule has 0 amide bonds. The van der Waals surface area contributed by atoms with Crippen molar-refractivity contribution in [1.82, 2.24) is 0 Å². The van der Waals surface area contributed by atoms with Crippen molar-refractivity contribution in [2.45, 2.75) is 20.0 Å². The van der Waals surface area contributed by atoms with E-state index in [0.717, 1.165) is 22.4 Å². The minimum atomic E-state index is -0.445. The molecule has 0 saturated carbocycles. The first-order valence-corrected chi connectivity index (χ1v) is 5.62. The van der Waals surface area contributed by atoms with Gasteiger partial charge in [-0.2, -0.15) is 0 Å². The van der Waals surface area contributed by atoms with Crippen molar-refractivity contribution in [1.29, 1.82) is 0 Å². The number of aliphatic hydroxyl groups is 1. The third-order valence-corrected chi connectivity index (χ3v) is 3.12. The first-order chi connectivity index (χ1) is 6.61. The Morgan fingerprint density at radius 2 is 2.00 bits per heavy atom. The van der Waals surface area contributed by atoms with Gasteiger partial charge in [0.1, 0.15) is 5.75 Å². The molecule has 0 bridgehead atoms. The Bertz CT molecular complexity index is 323. The van der Waals surface area contributed by atoms with E-state index < -0.39 is 6.10 Å². The zero-order valence-electron chi connectivity index (χ0n) is 8.67. The summed E-state index contributed by atoms with van der Waals surface area (Å²) in [6.07, 6.45) is -0.445. The molecule has 1 N–H and O–H groups in total. The first-order valence-electron chi connectivity index (χ1n) is 4.50. The Morgan fingerprint density at radius 1 is 1.36 bits per heavy atom. The molecule has 14 heavy (non-hydrogen) atoms. The number of halogens is 1. The number of ether oxygens (including phenoxy) is 1. The van der Waals surface area contributed by atoms with Gasteiger partial charge in [0.15, 0.2) is 0 Å². The summed E-state index contributed by atoms with van der Waals surface area (Å²) >= 11 is 3.26. The lowest BCUT2D eigenvalue weighted by atomic mass is 9.99. The van der Waals surface area contributed by atoms with E-state index in [0.29, 0.717) is 5.33 Å². The van der Waals surface area contributed by atoms with Crippen molar-refractivity contribution in [3.05, 3.63) is 28.8 Å². The van der Waals surface area contributed by atoms with Crippen LogP contribution in [0.15, 0.2) is 12.1 Å². The normalized spacial score (nSPS) is 12.6. The van der Waals surface area contributed by atoms with Gasteiger partial charge >= 0.3 is 0 Å². The van der Waals surface area contributed by atoms with Gasteiger partial charge in [0.25, 0.3) is 0 Å². The highest BCUT2D eigenvalue weighted by molar-refractivity contribution is 9.09. The zero-order valence-corrected chi connectivity index (χ0v) is 10.3. The molecular formula is C11H15BrO2. The molecular weight excluding hydrogens is 244 g/mol. The van der Waals surface area contributed by atoms with E-state index in [1.54, 1.807) is 7.11 Å². The van der Waals surface area contributed by atoms with Gasteiger partial charge in [-0.15, -0.1) is 0 Å². The molecule has 1 rings (SSSR count). The van der Waals surface area contributed by atoms with Crippen molar-refractivity contribution >= 4 is 15.9 Å². The molecule has 0 aliphatic carbocycles. The number of hydrogen-bond acceptors (Lipinski definition) is 2. The molecule has 0 spiro atoms. The van der Waals surface area contributed by atoms with Gasteiger partial charge in [0, 0.05) is 5.33 Å². The van der Waals surface area contributed by atoms with Crippen LogP contribution in [0, 0.1) is 13.8 Å². The Morgan fingerprint density at radius 3 is 2.50 bits per heavy atom. The Balaban J connectivity index is 3.17. The predicted molar refractivity (Wildman–Crippen MR) is 61.2 cm³/mol. The maximum Gasteiger partial charge on any atom is 0.122 e. The molecule has 3 heteroatoms. The van der Waals surface area contributed by atoms with Crippen molar-refractivity contribution in [2.24, 2.45) is 0 Å². The van der Waals surface area contributed by atoms with E-state index in [4.69, 9.17) is 4.74 Å². The Labute approximate surface area is 93.0 Å². The summed E-state index contributed by atoms with van der Waals surface area (Å²) in [5, 5.41) is 10.3. The monoisotopic (exact) mass is 258 g/mol. The SMILES string of the molecule is COc1ccc(C(O)CBr)c(C)c1C. The van der Waals surface area contributed by atoms with Gasteiger partial charge in [-0.1, -0.05) is 22.0 Å². The molecule has 0 heterocycles. The van der Waals surface area contributed by atoms with Crippen molar-refractivity contribution in [3.63, 3.8) is 0 Å². The molecule has 0 saturated heterocycles. The van der Waals surface area contributed by atoms with Gasteiger partial charge < -0.3 is 9.84 Å². The lowest BCUT2D eigenvalue weighted by Crippen LogP contribution is -2.03. The van der Waals surface area contributed by atoms with E-state index in [-0.39, 0.29) is 0 Å². The van der Waals surface area contributed by atoms with Gasteiger partial charge in [-0.3, -0.25) is 0 Å². The summed E-state index contributed by atoms with van der Waals surface area (Å²) < 4.78 is 5.20. The second-order valence-electron chi connectivity index (χ2n) is 3.28. The second-order valence-corrected chi connectivity index (χ2v) is 3.92. The highest BCUT2D eigenvalue weighted by atomic mass is 79.9. The van der Waals surface area contributed by atoms with Gasteiger partial charge in [0.05, 0.1) is 13.2 Å². The molecule has 1 unspecified atom stereocenters. The predicted octanol–water partition coefficient (Wildman–Crippen LogP) is 2.74. The van der Waals surface area contributed by atoms with Crippen LogP contribution in [0.1, 0.15) is 22.8 Å². The fraction of sp³-hybridized carbons (Fsp3) is 0.455. The van der Waals surface area contributed by atoms with Crippen LogP contribution in [0.4, 0.5) is 0 Å². The van der Waals surface area contributed by atoms with Crippen LogP contribution in [-0.4, -0.2) is 17.5 Å². The number of alkyl halides is 1. The highest BCUT2D eigenvalue weighted by Crippen LogP contribution is 2.28. The molecule has 0 aliphatic heterocycles. The number of rotatable bonds is 3. The van der Waals surface area contributed by atoms with Gasteiger partial charge in [-0.05, 0) is 36.6 Å². The lowest BCUT2D eigenvalue weighted by molar-refractivity contribution is 0.204. The number of methoxy groups -OCH3 is 1. The highest BCUT2D eigenvalue weighted by Gasteiger charge is 2.12. The average Bonchev–Trinajstić information content (AvgIpc) is 2.21. The fourth-order valence-corrected chi connectivity index (χ4v) is 1.83. The number of hydrogen-bond donors (Lipinski definition) is 1. The molecule has 0 aliphatic rings. The molecule has 0 radical (unpaired) electrons. The van der Waals surface area contributed by atoms with E-state index in [1.807, 2.05) is 26.0 Å². The van der Waals surface area contributed by atoms with Crippen LogP contribution in [0.25, 0.3) is 0 Å². The van der Waals surface area contributed by atoms with E-state index in [1.165, 1.54) is 0 Å². The van der Waals surface area contributed by atoms with Crippen molar-refractivity contribution < 1.29 is 9.84 Å². The molecule has 0 aromatic heterocycles. The maximum absolute atomic E-state index is 9.71. The third-order valence-electron chi connectivity index (χ3n) is 2.50. The lowest BCUT2D eigenvalue weighted by Gasteiger charge is -2.15. The standard InChI is InChI=1S/C11H15BrO2/c1-7-8(2)11(14-3)5-4-9(7)10(13)6-12/h4-5,10,13H,6H2,1-3H3. The molecule has 2 nitrogen and oxygen atoms in total. The molecule has 0 fully saturated rings. The van der Waals surface area contributed by atoms with Crippen LogP contribution in [-0.2, 0) is 0 Å². The molecule has 78 valence electrons. The average molecular weight is 259 g/mol. The van der Waals surface area contributed by atoms with Crippen molar-refractivity contribution in [2.75, 3.05) is 12.4 Å². The van der Waals surface area contributed by atoms with E-state index >= 15 is 0 Å². The van der Waals surface area contributed by atoms with Gasteiger partial charge in [-0.25, -0.2) is 0 Å². The smallest absolute Gasteiger partial charge is 0.122 e. The minimum absolute atomic E-state index is 0.445. The summed E-state index contributed by atoms with van der Waals surface area (Å²) in [4.78, 5) is 0. The first kappa shape index (κ1) is 11.5. The topological polar surface area (TPSA) is 29.5 Å². The number of aliphatic hydroxyl groups excluding tert-OH is 1. The summed E-state index contributed by atoms with van der Waals surface area (Å²) in [5.74, 6) is 0.869. The summed E-state index contributed by atoms with van der Waals surface area (Å²) in [6.45, 7) is 4.00. The largest absolute Gasteiger partial charge is 0.496 e. The summed E-state index contributed by atoms with van der Waals surface area (Å²) in [7, 11) is 1.66. The molecule has 1 atom stereocenters. The van der Waals surface area contributed by atoms with Crippen LogP contribution in [0.3, 0.4) is 0 Å².